The molecule has 0 fully saturated rings. The molecule has 4 heteroatoms. The van der Waals surface area contributed by atoms with Gasteiger partial charge in [0.15, 0.2) is 17.5 Å². The van der Waals surface area contributed by atoms with Crippen LogP contribution < -0.4 is 0 Å². The number of furan rings is 1. The summed E-state index contributed by atoms with van der Waals surface area (Å²) in [6, 6.07) is 70.1. The minimum Gasteiger partial charge on any atom is -0.456 e. The Kier molecular flexibility index (Phi) is 7.78. The van der Waals surface area contributed by atoms with Gasteiger partial charge in [-0.25, -0.2) is 15.0 Å². The largest absolute Gasteiger partial charge is 0.456 e. The molecule has 4 nitrogen and oxygen atoms in total. The normalized spacial score (nSPS) is 11.5. The van der Waals surface area contributed by atoms with Gasteiger partial charge in [-0.2, -0.15) is 0 Å². The van der Waals surface area contributed by atoms with Crippen molar-refractivity contribution in [3.05, 3.63) is 200 Å². The quantitative estimate of drug-likeness (QED) is 0.171. The van der Waals surface area contributed by atoms with Crippen molar-refractivity contribution in [3.63, 3.8) is 0 Å². The Morgan fingerprint density at radius 1 is 0.281 bits per heavy atom. The Morgan fingerprint density at radius 3 is 1.58 bits per heavy atom. The summed E-state index contributed by atoms with van der Waals surface area (Å²) >= 11 is 0. The van der Waals surface area contributed by atoms with E-state index in [4.69, 9.17) is 19.4 Å². The highest BCUT2D eigenvalue weighted by Crippen LogP contribution is 2.42. The monoisotopic (exact) mass is 727 g/mol. The Balaban J connectivity index is 1.15. The van der Waals surface area contributed by atoms with Crippen LogP contribution in [0.25, 0.3) is 111 Å². The van der Waals surface area contributed by atoms with Crippen molar-refractivity contribution in [2.45, 2.75) is 0 Å². The van der Waals surface area contributed by atoms with Crippen LogP contribution in [0.3, 0.4) is 0 Å². The third kappa shape index (κ3) is 5.92. The zero-order chi connectivity index (χ0) is 37.7. The summed E-state index contributed by atoms with van der Waals surface area (Å²) in [6.45, 7) is 0. The van der Waals surface area contributed by atoms with Crippen molar-refractivity contribution in [2.24, 2.45) is 0 Å². The molecule has 11 rings (SSSR count). The predicted octanol–water partition coefficient (Wildman–Crippen LogP) is 14.1. The standard InChI is InChI=1S/C53H33N3O/c1-2-11-34(12-3-1)37-21-25-38(26-22-37)51-54-52(43-29-30-49-47(33-43)45-17-8-9-20-48(45)57-49)56-53(55-51)46-19-10-18-44(41-27-23-35-13-4-6-15-39(35)31-41)50(46)42-28-24-36-14-5-7-16-40(36)32-42/h1-33H. The average molecular weight is 728 g/mol. The summed E-state index contributed by atoms with van der Waals surface area (Å²) in [5.41, 5.74) is 11.1. The lowest BCUT2D eigenvalue weighted by molar-refractivity contribution is 0.669. The lowest BCUT2D eigenvalue weighted by Gasteiger charge is -2.17. The molecule has 57 heavy (non-hydrogen) atoms. The summed E-state index contributed by atoms with van der Waals surface area (Å²) in [5.74, 6) is 1.80. The molecule has 266 valence electrons. The molecule has 2 heterocycles. The van der Waals surface area contributed by atoms with Crippen molar-refractivity contribution < 1.29 is 4.42 Å². The van der Waals surface area contributed by atoms with E-state index in [-0.39, 0.29) is 0 Å². The van der Waals surface area contributed by atoms with Crippen LogP contribution in [0, 0.1) is 0 Å². The van der Waals surface area contributed by atoms with Gasteiger partial charge >= 0.3 is 0 Å². The molecule has 0 bridgehead atoms. The Hall–Kier alpha value is -7.69. The minimum absolute atomic E-state index is 0.592. The first-order valence-corrected chi connectivity index (χ1v) is 19.2. The zero-order valence-corrected chi connectivity index (χ0v) is 30.8. The number of benzene rings is 9. The van der Waals surface area contributed by atoms with Crippen molar-refractivity contribution >= 4 is 43.5 Å². The van der Waals surface area contributed by atoms with E-state index in [0.29, 0.717) is 17.5 Å². The maximum Gasteiger partial charge on any atom is 0.164 e. The van der Waals surface area contributed by atoms with E-state index in [1.807, 2.05) is 36.4 Å². The van der Waals surface area contributed by atoms with Gasteiger partial charge in [0.1, 0.15) is 11.2 Å². The molecule has 0 spiro atoms. The number of aromatic nitrogens is 3. The second-order valence-electron chi connectivity index (χ2n) is 14.4. The Bertz CT molecular complexity index is 3290. The van der Waals surface area contributed by atoms with Gasteiger partial charge < -0.3 is 4.42 Å². The van der Waals surface area contributed by atoms with E-state index in [0.717, 1.165) is 72.0 Å². The topological polar surface area (TPSA) is 51.8 Å². The van der Waals surface area contributed by atoms with Gasteiger partial charge in [-0.3, -0.25) is 0 Å². The van der Waals surface area contributed by atoms with E-state index in [1.54, 1.807) is 0 Å². The molecule has 0 saturated heterocycles. The molecule has 0 atom stereocenters. The van der Waals surface area contributed by atoms with Gasteiger partial charge in [0, 0.05) is 33.0 Å². The number of hydrogen-bond acceptors (Lipinski definition) is 4. The van der Waals surface area contributed by atoms with Crippen LogP contribution >= 0.6 is 0 Å². The van der Waals surface area contributed by atoms with E-state index < -0.39 is 0 Å². The highest BCUT2D eigenvalue weighted by atomic mass is 16.3. The van der Waals surface area contributed by atoms with Crippen LogP contribution in [0.1, 0.15) is 0 Å². The Labute approximate surface area is 329 Å². The molecule has 0 amide bonds. The number of nitrogens with zero attached hydrogens (tertiary/aromatic N) is 3. The molecular formula is C53H33N3O. The van der Waals surface area contributed by atoms with Crippen molar-refractivity contribution in [1.82, 2.24) is 15.0 Å². The van der Waals surface area contributed by atoms with Crippen molar-refractivity contribution in [2.75, 3.05) is 0 Å². The van der Waals surface area contributed by atoms with E-state index in [1.165, 1.54) is 21.5 Å². The fraction of sp³-hybridized carbons (Fsp3) is 0. The molecule has 2 aromatic heterocycles. The van der Waals surface area contributed by atoms with Crippen molar-refractivity contribution in [1.29, 1.82) is 0 Å². The molecule has 0 aliphatic carbocycles. The molecule has 0 saturated carbocycles. The highest BCUT2D eigenvalue weighted by molar-refractivity contribution is 6.06. The molecule has 0 radical (unpaired) electrons. The maximum atomic E-state index is 6.20. The third-order valence-electron chi connectivity index (χ3n) is 10.9. The van der Waals surface area contributed by atoms with Crippen LogP contribution in [0.15, 0.2) is 205 Å². The second kappa shape index (κ2) is 13.6. The van der Waals surface area contributed by atoms with Crippen LogP contribution in [0.4, 0.5) is 0 Å². The number of fused-ring (bicyclic) bond motifs is 5. The van der Waals surface area contributed by atoms with Gasteiger partial charge in [-0.15, -0.1) is 0 Å². The molecule has 0 N–H and O–H groups in total. The zero-order valence-electron chi connectivity index (χ0n) is 30.8. The summed E-state index contributed by atoms with van der Waals surface area (Å²) in [7, 11) is 0. The lowest BCUT2D eigenvalue weighted by atomic mass is 9.88. The summed E-state index contributed by atoms with van der Waals surface area (Å²) in [6.07, 6.45) is 0. The molecule has 0 aliphatic heterocycles. The summed E-state index contributed by atoms with van der Waals surface area (Å²) in [5, 5.41) is 6.84. The second-order valence-corrected chi connectivity index (χ2v) is 14.4. The predicted molar refractivity (Wildman–Crippen MR) is 235 cm³/mol. The smallest absolute Gasteiger partial charge is 0.164 e. The SMILES string of the molecule is c1ccc(-c2ccc(-c3nc(-c4ccc5oc6ccccc6c5c4)nc(-c4cccc(-c5ccc6ccccc6c5)c4-c4ccc5ccccc5c4)n3)cc2)cc1. The van der Waals surface area contributed by atoms with Gasteiger partial charge in [0.05, 0.1) is 0 Å². The van der Waals surface area contributed by atoms with E-state index >= 15 is 0 Å². The fourth-order valence-electron chi connectivity index (χ4n) is 8.05. The number of rotatable bonds is 6. The molecule has 11 aromatic rings. The average Bonchev–Trinajstić information content (AvgIpc) is 3.67. The molecule has 9 aromatic carbocycles. The maximum absolute atomic E-state index is 6.20. The molecule has 0 unspecified atom stereocenters. The third-order valence-corrected chi connectivity index (χ3v) is 10.9. The molecule has 0 aliphatic rings. The minimum atomic E-state index is 0.592. The van der Waals surface area contributed by atoms with Gasteiger partial charge in [-0.1, -0.05) is 164 Å². The van der Waals surface area contributed by atoms with Crippen LogP contribution in [-0.2, 0) is 0 Å². The first kappa shape index (κ1) is 32.7. The summed E-state index contributed by atoms with van der Waals surface area (Å²) in [4.78, 5) is 15.8. The van der Waals surface area contributed by atoms with Crippen molar-refractivity contribution in [3.8, 4) is 67.5 Å². The Morgan fingerprint density at radius 2 is 0.807 bits per heavy atom. The first-order valence-electron chi connectivity index (χ1n) is 19.2. The van der Waals surface area contributed by atoms with E-state index in [2.05, 4.69) is 164 Å². The molecular weight excluding hydrogens is 695 g/mol. The van der Waals surface area contributed by atoms with Crippen LogP contribution in [0.5, 0.6) is 0 Å². The van der Waals surface area contributed by atoms with Gasteiger partial charge in [-0.05, 0) is 85.8 Å². The van der Waals surface area contributed by atoms with Crippen LogP contribution in [0.2, 0.25) is 0 Å². The first-order chi connectivity index (χ1) is 28.2. The van der Waals surface area contributed by atoms with E-state index in [9.17, 15) is 0 Å². The van der Waals surface area contributed by atoms with Crippen LogP contribution in [-0.4, -0.2) is 15.0 Å². The fourth-order valence-corrected chi connectivity index (χ4v) is 8.05. The number of hydrogen-bond donors (Lipinski definition) is 0. The van der Waals surface area contributed by atoms with Gasteiger partial charge in [0.25, 0.3) is 0 Å². The highest BCUT2D eigenvalue weighted by Gasteiger charge is 2.20. The lowest BCUT2D eigenvalue weighted by Crippen LogP contribution is -2.02. The number of para-hydroxylation sites is 1. The van der Waals surface area contributed by atoms with Gasteiger partial charge in [0.2, 0.25) is 0 Å². The summed E-state index contributed by atoms with van der Waals surface area (Å²) < 4.78 is 6.20.